The first-order valence-electron chi connectivity index (χ1n) is 5.04. The van der Waals surface area contributed by atoms with Crippen LogP contribution in [-0.4, -0.2) is 26.9 Å². The van der Waals surface area contributed by atoms with E-state index in [2.05, 4.69) is 4.52 Å². The van der Waals surface area contributed by atoms with Gasteiger partial charge in [-0.1, -0.05) is 0 Å². The predicted octanol–water partition coefficient (Wildman–Crippen LogP) is 0.669. The largest absolute Gasteiger partial charge is 0.525 e. The van der Waals surface area contributed by atoms with E-state index in [-0.39, 0.29) is 0 Å². The molecule has 0 saturated heterocycles. The molecule has 21 heavy (non-hydrogen) atoms. The number of nitrogens with two attached hydrogens (primary N) is 1. The number of carbonyl (C=O) groups is 1. The van der Waals surface area contributed by atoms with Gasteiger partial charge in [-0.2, -0.15) is 8.78 Å². The van der Waals surface area contributed by atoms with Gasteiger partial charge >= 0.3 is 13.8 Å². The van der Waals surface area contributed by atoms with Crippen LogP contribution in [0.15, 0.2) is 0 Å². The summed E-state index contributed by atoms with van der Waals surface area (Å²) in [5.74, 6) is -12.2. The maximum atomic E-state index is 13.5. The van der Waals surface area contributed by atoms with Gasteiger partial charge in [0.25, 0.3) is 0 Å². The summed E-state index contributed by atoms with van der Waals surface area (Å²) in [5, 5.41) is 8.49. The molecule has 5 N–H and O–H groups in total. The average Bonchev–Trinajstić information content (AvgIpc) is 2.36. The van der Waals surface area contributed by atoms with Crippen LogP contribution in [0.2, 0.25) is 0 Å². The fourth-order valence-electron chi connectivity index (χ4n) is 1.34. The molecule has 0 bridgehead atoms. The highest BCUT2D eigenvalue weighted by Crippen LogP contribution is 2.42. The summed E-state index contributed by atoms with van der Waals surface area (Å²) in [5.41, 5.74) is 3.67. The van der Waals surface area contributed by atoms with Crippen LogP contribution in [0.3, 0.4) is 0 Å². The van der Waals surface area contributed by atoms with Crippen LogP contribution >= 0.6 is 7.82 Å². The van der Waals surface area contributed by atoms with E-state index in [0.29, 0.717) is 0 Å². The number of carboxylic acids is 1. The molecule has 0 heterocycles. The lowest BCUT2D eigenvalue weighted by molar-refractivity contribution is -0.138. The number of phosphoric acid groups is 1. The molecule has 118 valence electrons. The van der Waals surface area contributed by atoms with Gasteiger partial charge in [0, 0.05) is 12.0 Å². The third kappa shape index (κ3) is 3.91. The number of benzene rings is 1. The zero-order valence-electron chi connectivity index (χ0n) is 9.89. The van der Waals surface area contributed by atoms with E-state index in [0.717, 1.165) is 0 Å². The van der Waals surface area contributed by atoms with Crippen molar-refractivity contribution in [2.45, 2.75) is 12.5 Å². The Balaban J connectivity index is 3.39. The Morgan fingerprint density at radius 2 is 1.57 bits per heavy atom. The maximum Gasteiger partial charge on any atom is 0.525 e. The highest BCUT2D eigenvalue weighted by atomic mass is 31.2. The Kier molecular flexibility index (Phi) is 4.95. The second-order valence-corrected chi connectivity index (χ2v) is 4.96. The molecule has 0 aromatic heterocycles. The Morgan fingerprint density at radius 1 is 1.14 bits per heavy atom. The van der Waals surface area contributed by atoms with Crippen molar-refractivity contribution in [1.29, 1.82) is 0 Å². The molecule has 1 atom stereocenters. The predicted molar refractivity (Wildman–Crippen MR) is 58.3 cm³/mol. The lowest BCUT2D eigenvalue weighted by atomic mass is 10.0. The zero-order chi connectivity index (χ0) is 16.5. The maximum absolute atomic E-state index is 13.5. The van der Waals surface area contributed by atoms with Gasteiger partial charge in [-0.05, 0) is 0 Å². The molecule has 12 heteroatoms. The quantitative estimate of drug-likeness (QED) is 0.354. The minimum atomic E-state index is -5.47. The standard InChI is InChI=1S/C9H8F4NO6P/c10-4-2(1-3(14)9(15)16)5(11)7(13)8(6(4)12)20-21(17,18)19/h3H,1,14H2,(H,15,16)(H2,17,18,19). The molecule has 1 rings (SSSR count). The molecule has 0 fully saturated rings. The van der Waals surface area contributed by atoms with Crippen LogP contribution in [0.5, 0.6) is 5.75 Å². The third-order valence-corrected chi connectivity index (χ3v) is 2.69. The van der Waals surface area contributed by atoms with Gasteiger partial charge in [0.1, 0.15) is 6.04 Å². The van der Waals surface area contributed by atoms with E-state index in [9.17, 15) is 26.9 Å². The Labute approximate surface area is 114 Å². The van der Waals surface area contributed by atoms with Crippen LogP contribution < -0.4 is 10.3 Å². The van der Waals surface area contributed by atoms with E-state index in [1.807, 2.05) is 0 Å². The summed E-state index contributed by atoms with van der Waals surface area (Å²) in [6.07, 6.45) is -1.09. The van der Waals surface area contributed by atoms with E-state index in [1.165, 1.54) is 0 Å². The molecule has 0 aliphatic rings. The van der Waals surface area contributed by atoms with Gasteiger partial charge in [-0.25, -0.2) is 13.3 Å². The molecule has 0 aliphatic heterocycles. The molecule has 7 nitrogen and oxygen atoms in total. The van der Waals surface area contributed by atoms with Gasteiger partial charge in [-0.15, -0.1) is 0 Å². The number of carboxylic acid groups (broad SMARTS) is 1. The zero-order valence-corrected chi connectivity index (χ0v) is 10.8. The molecule has 0 aliphatic carbocycles. The van der Waals surface area contributed by atoms with Crippen molar-refractivity contribution in [3.05, 3.63) is 28.8 Å². The average molecular weight is 333 g/mol. The Bertz CT molecular complexity index is 604. The second kappa shape index (κ2) is 5.98. The number of rotatable bonds is 5. The van der Waals surface area contributed by atoms with Crippen LogP contribution in [-0.2, 0) is 15.8 Å². The number of halogens is 4. The first-order valence-corrected chi connectivity index (χ1v) is 6.57. The molecule has 1 aromatic rings. The summed E-state index contributed by atoms with van der Waals surface area (Å²) in [6.45, 7) is 0. The lowest BCUT2D eigenvalue weighted by Gasteiger charge is -2.14. The highest BCUT2D eigenvalue weighted by Gasteiger charge is 2.32. The SMILES string of the molecule is NC(Cc1c(F)c(F)c(OP(=O)(O)O)c(F)c1F)C(=O)O. The number of hydrogen-bond acceptors (Lipinski definition) is 4. The van der Waals surface area contributed by atoms with Gasteiger partial charge in [0.05, 0.1) is 0 Å². The second-order valence-electron chi connectivity index (χ2n) is 3.79. The summed E-state index contributed by atoms with van der Waals surface area (Å²) < 4.78 is 68.0. The van der Waals surface area contributed by atoms with E-state index >= 15 is 0 Å². The van der Waals surface area contributed by atoms with Crippen molar-refractivity contribution >= 4 is 13.8 Å². The van der Waals surface area contributed by atoms with Crippen molar-refractivity contribution in [3.8, 4) is 5.75 Å². The first kappa shape index (κ1) is 17.4. The minimum absolute atomic E-state index is 1.09. The van der Waals surface area contributed by atoms with Gasteiger partial charge in [-0.3, -0.25) is 14.6 Å². The van der Waals surface area contributed by atoms with Crippen molar-refractivity contribution in [3.63, 3.8) is 0 Å². The Hall–Kier alpha value is -1.68. The van der Waals surface area contributed by atoms with Gasteiger partial charge in [0.2, 0.25) is 17.4 Å². The number of hydrogen-bond donors (Lipinski definition) is 4. The normalized spacial score (nSPS) is 13.1. The molecular weight excluding hydrogens is 325 g/mol. The van der Waals surface area contributed by atoms with Crippen molar-refractivity contribution in [2.75, 3.05) is 0 Å². The Morgan fingerprint density at radius 3 is 1.90 bits per heavy atom. The van der Waals surface area contributed by atoms with Gasteiger partial charge in [0.15, 0.2) is 11.6 Å². The fraction of sp³-hybridized carbons (Fsp3) is 0.222. The van der Waals surface area contributed by atoms with Crippen LogP contribution in [0.1, 0.15) is 5.56 Å². The minimum Gasteiger partial charge on any atom is -0.480 e. The number of aliphatic carboxylic acids is 1. The van der Waals surface area contributed by atoms with E-state index in [1.54, 1.807) is 0 Å². The molecule has 0 saturated carbocycles. The van der Waals surface area contributed by atoms with Crippen LogP contribution in [0.4, 0.5) is 17.6 Å². The molecule has 0 spiro atoms. The van der Waals surface area contributed by atoms with Crippen LogP contribution in [0.25, 0.3) is 0 Å². The van der Waals surface area contributed by atoms with E-state index < -0.39 is 60.8 Å². The first-order chi connectivity index (χ1) is 9.45. The van der Waals surface area contributed by atoms with Crippen molar-refractivity contribution < 1.29 is 46.3 Å². The highest BCUT2D eigenvalue weighted by molar-refractivity contribution is 7.46. The smallest absolute Gasteiger partial charge is 0.480 e. The topological polar surface area (TPSA) is 130 Å². The van der Waals surface area contributed by atoms with Crippen molar-refractivity contribution in [1.82, 2.24) is 0 Å². The summed E-state index contributed by atoms with van der Waals surface area (Å²) in [4.78, 5) is 27.3. The van der Waals surface area contributed by atoms with Crippen LogP contribution in [0, 0.1) is 23.3 Å². The monoisotopic (exact) mass is 333 g/mol. The summed E-state index contributed by atoms with van der Waals surface area (Å²) in [7, 11) is -5.47. The summed E-state index contributed by atoms with van der Waals surface area (Å²) in [6, 6.07) is -1.85. The third-order valence-electron chi connectivity index (χ3n) is 2.27. The molecular formula is C9H8F4NO6P. The molecule has 1 aromatic carbocycles. The molecule has 0 radical (unpaired) electrons. The molecule has 1 unspecified atom stereocenters. The summed E-state index contributed by atoms with van der Waals surface area (Å²) >= 11 is 0. The fourth-order valence-corrected chi connectivity index (χ4v) is 1.74. The number of phosphoric ester groups is 1. The van der Waals surface area contributed by atoms with E-state index in [4.69, 9.17) is 20.6 Å². The van der Waals surface area contributed by atoms with Gasteiger partial charge < -0.3 is 15.4 Å². The lowest BCUT2D eigenvalue weighted by Crippen LogP contribution is -2.33. The molecule has 0 amide bonds. The van der Waals surface area contributed by atoms with Crippen molar-refractivity contribution in [2.24, 2.45) is 5.73 Å².